The van der Waals surface area contributed by atoms with Crippen molar-refractivity contribution in [2.75, 3.05) is 20.2 Å². The lowest BCUT2D eigenvalue weighted by molar-refractivity contribution is -0.140. The van der Waals surface area contributed by atoms with Gasteiger partial charge in [-0.15, -0.1) is 0 Å². The van der Waals surface area contributed by atoms with Gasteiger partial charge < -0.3 is 15.0 Å². The number of halogens is 1. The number of nitrogens with one attached hydrogen (secondary N) is 1. The Morgan fingerprint density at radius 2 is 1.97 bits per heavy atom. The molecule has 164 valence electrons. The van der Waals surface area contributed by atoms with Crippen LogP contribution in [0.5, 0.6) is 0 Å². The number of fused-ring (bicyclic) bond motifs is 1. The molecule has 31 heavy (non-hydrogen) atoms. The molecule has 1 aliphatic carbocycles. The highest BCUT2D eigenvalue weighted by Crippen LogP contribution is 2.33. The van der Waals surface area contributed by atoms with E-state index in [1.165, 1.54) is 31.4 Å². The first kappa shape index (κ1) is 21.0. The van der Waals surface area contributed by atoms with Crippen molar-refractivity contribution < 1.29 is 23.5 Å². The number of esters is 1. The van der Waals surface area contributed by atoms with Gasteiger partial charge in [-0.1, -0.05) is 0 Å². The van der Waals surface area contributed by atoms with Gasteiger partial charge in [0.05, 0.1) is 20.1 Å². The SMILES string of the molecule is COC(=O)CCNC(=O)c1nn(CC2CC2)c2c1CN(C(=O)c1ccc(F)cc1)CC2. The second-order valence-corrected chi connectivity index (χ2v) is 7.96. The number of hydrogen-bond donors (Lipinski definition) is 1. The largest absolute Gasteiger partial charge is 0.469 e. The number of ether oxygens (including phenoxy) is 1. The van der Waals surface area contributed by atoms with Crippen LogP contribution in [0.1, 0.15) is 51.4 Å². The first-order chi connectivity index (χ1) is 15.0. The highest BCUT2D eigenvalue weighted by molar-refractivity contribution is 5.96. The average Bonchev–Trinajstić information content (AvgIpc) is 3.53. The second kappa shape index (κ2) is 8.87. The van der Waals surface area contributed by atoms with Crippen LogP contribution in [0.15, 0.2) is 24.3 Å². The minimum Gasteiger partial charge on any atom is -0.469 e. The fourth-order valence-corrected chi connectivity index (χ4v) is 3.78. The Labute approximate surface area is 179 Å². The summed E-state index contributed by atoms with van der Waals surface area (Å²) in [5, 5.41) is 7.29. The maximum atomic E-state index is 13.2. The van der Waals surface area contributed by atoms with Gasteiger partial charge in [-0.2, -0.15) is 5.10 Å². The Balaban J connectivity index is 1.54. The van der Waals surface area contributed by atoms with E-state index in [1.807, 2.05) is 4.68 Å². The average molecular weight is 428 g/mol. The molecule has 0 unspecified atom stereocenters. The Bertz CT molecular complexity index is 998. The molecule has 8 nitrogen and oxygen atoms in total. The highest BCUT2D eigenvalue weighted by atomic mass is 19.1. The first-order valence-electron chi connectivity index (χ1n) is 10.4. The number of rotatable bonds is 7. The number of carbonyl (C=O) groups excluding carboxylic acids is 3. The van der Waals surface area contributed by atoms with E-state index in [4.69, 9.17) is 0 Å². The molecule has 0 atom stereocenters. The van der Waals surface area contributed by atoms with Gasteiger partial charge in [0.1, 0.15) is 5.82 Å². The zero-order valence-corrected chi connectivity index (χ0v) is 17.4. The van der Waals surface area contributed by atoms with Crippen LogP contribution < -0.4 is 5.32 Å². The van der Waals surface area contributed by atoms with Crippen molar-refractivity contribution in [1.82, 2.24) is 20.0 Å². The second-order valence-electron chi connectivity index (χ2n) is 7.96. The number of nitrogens with zero attached hydrogens (tertiary/aromatic N) is 3. The maximum Gasteiger partial charge on any atom is 0.307 e. The van der Waals surface area contributed by atoms with E-state index in [0.29, 0.717) is 24.4 Å². The predicted molar refractivity (Wildman–Crippen MR) is 109 cm³/mol. The molecule has 2 aliphatic rings. The van der Waals surface area contributed by atoms with Crippen molar-refractivity contribution >= 4 is 17.8 Å². The molecule has 9 heteroatoms. The molecule has 1 fully saturated rings. The third-order valence-electron chi connectivity index (χ3n) is 5.70. The minimum atomic E-state index is -0.405. The van der Waals surface area contributed by atoms with E-state index < -0.39 is 11.8 Å². The van der Waals surface area contributed by atoms with Gasteiger partial charge in [0.25, 0.3) is 11.8 Å². The zero-order valence-electron chi connectivity index (χ0n) is 17.4. The summed E-state index contributed by atoms with van der Waals surface area (Å²) in [7, 11) is 1.30. The third kappa shape index (κ3) is 4.76. The van der Waals surface area contributed by atoms with E-state index in [9.17, 15) is 18.8 Å². The summed E-state index contributed by atoms with van der Waals surface area (Å²) in [5.41, 5.74) is 2.41. The third-order valence-corrected chi connectivity index (χ3v) is 5.70. The quantitative estimate of drug-likeness (QED) is 0.680. The Morgan fingerprint density at radius 1 is 1.23 bits per heavy atom. The maximum absolute atomic E-state index is 13.2. The van der Waals surface area contributed by atoms with Crippen LogP contribution >= 0.6 is 0 Å². The summed E-state index contributed by atoms with van der Waals surface area (Å²) in [5.74, 6) is -0.802. The van der Waals surface area contributed by atoms with Gasteiger partial charge in [0, 0.05) is 42.9 Å². The highest BCUT2D eigenvalue weighted by Gasteiger charge is 2.32. The van der Waals surface area contributed by atoms with Gasteiger partial charge in [0.15, 0.2) is 5.69 Å². The van der Waals surface area contributed by atoms with Crippen molar-refractivity contribution in [1.29, 1.82) is 0 Å². The van der Waals surface area contributed by atoms with Crippen LogP contribution in [0, 0.1) is 11.7 Å². The molecule has 1 aromatic heterocycles. The molecule has 0 bridgehead atoms. The van der Waals surface area contributed by atoms with E-state index in [0.717, 1.165) is 30.6 Å². The van der Waals surface area contributed by atoms with Gasteiger partial charge in [-0.25, -0.2) is 4.39 Å². The molecule has 0 saturated heterocycles. The molecule has 0 radical (unpaired) electrons. The predicted octanol–water partition coefficient (Wildman–Crippen LogP) is 1.92. The summed E-state index contributed by atoms with van der Waals surface area (Å²) >= 11 is 0. The van der Waals surface area contributed by atoms with Gasteiger partial charge in [-0.05, 0) is 43.0 Å². The van der Waals surface area contributed by atoms with Gasteiger partial charge in [0.2, 0.25) is 0 Å². The van der Waals surface area contributed by atoms with Crippen molar-refractivity contribution in [3.05, 3.63) is 52.6 Å². The normalized spacial score (nSPS) is 15.4. The minimum absolute atomic E-state index is 0.0718. The van der Waals surface area contributed by atoms with Crippen LogP contribution in [0.25, 0.3) is 0 Å². The monoisotopic (exact) mass is 428 g/mol. The van der Waals surface area contributed by atoms with Gasteiger partial charge >= 0.3 is 5.97 Å². The molecule has 2 heterocycles. The fourth-order valence-electron chi connectivity index (χ4n) is 3.78. The summed E-state index contributed by atoms with van der Waals surface area (Å²) in [6, 6.07) is 5.45. The van der Waals surface area contributed by atoms with Crippen LogP contribution in [-0.2, 0) is 29.0 Å². The fraction of sp³-hybridized carbons (Fsp3) is 0.455. The Hall–Kier alpha value is -3.23. The lowest BCUT2D eigenvalue weighted by atomic mass is 10.0. The number of benzene rings is 1. The summed E-state index contributed by atoms with van der Waals surface area (Å²) in [6.07, 6.45) is 2.98. The first-order valence-corrected chi connectivity index (χ1v) is 10.4. The lowest BCUT2D eigenvalue weighted by Gasteiger charge is -2.28. The Morgan fingerprint density at radius 3 is 2.65 bits per heavy atom. The number of aromatic nitrogens is 2. The molecule has 0 spiro atoms. The molecule has 1 saturated carbocycles. The lowest BCUT2D eigenvalue weighted by Crippen LogP contribution is -2.37. The molecular weight excluding hydrogens is 403 g/mol. The summed E-state index contributed by atoms with van der Waals surface area (Å²) < 4.78 is 19.7. The van der Waals surface area contributed by atoms with Crippen molar-refractivity contribution in [2.45, 2.75) is 38.8 Å². The molecule has 4 rings (SSSR count). The van der Waals surface area contributed by atoms with Crippen molar-refractivity contribution in [2.24, 2.45) is 5.92 Å². The molecule has 2 amide bonds. The topological polar surface area (TPSA) is 93.5 Å². The van der Waals surface area contributed by atoms with E-state index >= 15 is 0 Å². The molecule has 1 aromatic carbocycles. The summed E-state index contributed by atoms with van der Waals surface area (Å²) in [4.78, 5) is 38.7. The van der Waals surface area contributed by atoms with E-state index in [2.05, 4.69) is 15.2 Å². The van der Waals surface area contributed by atoms with E-state index in [1.54, 1.807) is 4.90 Å². The molecular formula is C22H25FN4O4. The van der Waals surface area contributed by atoms with Crippen LogP contribution in [0.2, 0.25) is 0 Å². The standard InChI is InChI=1S/C22H25FN4O4/c1-31-19(28)8-10-24-21(29)20-17-13-26(22(30)15-4-6-16(23)7-5-15)11-9-18(17)27(25-20)12-14-2-3-14/h4-7,14H,2-3,8-13H2,1H3,(H,24,29). The molecule has 1 aliphatic heterocycles. The van der Waals surface area contributed by atoms with Crippen LogP contribution in [0.4, 0.5) is 4.39 Å². The molecule has 1 N–H and O–H groups in total. The smallest absolute Gasteiger partial charge is 0.307 e. The van der Waals surface area contributed by atoms with Crippen LogP contribution in [-0.4, -0.2) is 52.7 Å². The van der Waals surface area contributed by atoms with Crippen molar-refractivity contribution in [3.63, 3.8) is 0 Å². The number of carbonyl (C=O) groups is 3. The summed E-state index contributed by atoms with van der Waals surface area (Å²) in [6.45, 7) is 1.68. The van der Waals surface area contributed by atoms with Crippen molar-refractivity contribution in [3.8, 4) is 0 Å². The van der Waals surface area contributed by atoms with Gasteiger partial charge in [-0.3, -0.25) is 19.1 Å². The Kier molecular flexibility index (Phi) is 6.01. The molecule has 2 aromatic rings. The van der Waals surface area contributed by atoms with Crippen LogP contribution in [0.3, 0.4) is 0 Å². The van der Waals surface area contributed by atoms with E-state index in [-0.39, 0.29) is 37.0 Å². The zero-order chi connectivity index (χ0) is 22.0. The number of hydrogen-bond acceptors (Lipinski definition) is 5. The number of amides is 2. The number of methoxy groups -OCH3 is 1.